The molecule has 0 radical (unpaired) electrons. The Morgan fingerprint density at radius 3 is 2.65 bits per heavy atom. The fourth-order valence-corrected chi connectivity index (χ4v) is 2.86. The van der Waals surface area contributed by atoms with Crippen molar-refractivity contribution in [2.45, 2.75) is 39.0 Å². The van der Waals surface area contributed by atoms with E-state index < -0.39 is 0 Å². The standard InChI is InChI=1S/C16H23FN2O/c1-12-5-6-13(9-14(12)17)15(20)19-11-16(10-18)7-3-2-4-8-16/h5-6,9H,2-4,7-8,10-11,18H2,1H3,(H,19,20). The highest BCUT2D eigenvalue weighted by atomic mass is 19.1. The molecule has 1 amide bonds. The van der Waals surface area contributed by atoms with Crippen LogP contribution in [0.1, 0.15) is 48.0 Å². The van der Waals surface area contributed by atoms with Gasteiger partial charge in [-0.05, 0) is 49.4 Å². The number of nitrogens with two attached hydrogens (primary N) is 1. The second kappa shape index (κ2) is 6.35. The van der Waals surface area contributed by atoms with Gasteiger partial charge in [0.2, 0.25) is 0 Å². The smallest absolute Gasteiger partial charge is 0.251 e. The molecule has 1 fully saturated rings. The molecule has 4 heteroatoms. The molecule has 1 aromatic carbocycles. The van der Waals surface area contributed by atoms with E-state index in [0.717, 1.165) is 12.8 Å². The van der Waals surface area contributed by atoms with Gasteiger partial charge in [0.1, 0.15) is 5.82 Å². The van der Waals surface area contributed by atoms with Crippen molar-refractivity contribution in [3.05, 3.63) is 35.1 Å². The number of nitrogens with one attached hydrogen (secondary N) is 1. The average molecular weight is 278 g/mol. The van der Waals surface area contributed by atoms with Crippen molar-refractivity contribution >= 4 is 5.91 Å². The molecule has 2 rings (SSSR count). The zero-order valence-corrected chi connectivity index (χ0v) is 12.0. The number of halogens is 1. The summed E-state index contributed by atoms with van der Waals surface area (Å²) in [5, 5.41) is 2.92. The molecule has 0 heterocycles. The molecule has 110 valence electrons. The SMILES string of the molecule is Cc1ccc(C(=O)NCC2(CN)CCCCC2)cc1F. The number of hydrogen-bond donors (Lipinski definition) is 2. The molecule has 1 aromatic rings. The number of benzene rings is 1. The van der Waals surface area contributed by atoms with Crippen LogP contribution in [0.15, 0.2) is 18.2 Å². The lowest BCUT2D eigenvalue weighted by Gasteiger charge is -2.36. The molecule has 0 bridgehead atoms. The lowest BCUT2D eigenvalue weighted by Crippen LogP contribution is -2.43. The second-order valence-electron chi connectivity index (χ2n) is 5.91. The number of hydrogen-bond acceptors (Lipinski definition) is 2. The zero-order chi connectivity index (χ0) is 14.6. The highest BCUT2D eigenvalue weighted by Gasteiger charge is 2.31. The van der Waals surface area contributed by atoms with Crippen molar-refractivity contribution < 1.29 is 9.18 Å². The summed E-state index contributed by atoms with van der Waals surface area (Å²) in [6.07, 6.45) is 5.72. The van der Waals surface area contributed by atoms with Crippen molar-refractivity contribution in [1.82, 2.24) is 5.32 Å². The summed E-state index contributed by atoms with van der Waals surface area (Å²) >= 11 is 0. The number of rotatable bonds is 4. The first-order valence-electron chi connectivity index (χ1n) is 7.31. The van der Waals surface area contributed by atoms with Crippen LogP contribution in [0.2, 0.25) is 0 Å². The minimum atomic E-state index is -0.344. The van der Waals surface area contributed by atoms with Crippen LogP contribution in [-0.4, -0.2) is 19.0 Å². The maximum absolute atomic E-state index is 13.5. The Labute approximate surface area is 119 Å². The Morgan fingerprint density at radius 1 is 1.35 bits per heavy atom. The fraction of sp³-hybridized carbons (Fsp3) is 0.562. The maximum Gasteiger partial charge on any atom is 0.251 e. The first kappa shape index (κ1) is 15.0. The third-order valence-corrected chi connectivity index (χ3v) is 4.41. The van der Waals surface area contributed by atoms with E-state index in [1.807, 2.05) is 0 Å². The molecule has 3 N–H and O–H groups in total. The Kier molecular flexibility index (Phi) is 4.76. The first-order valence-corrected chi connectivity index (χ1v) is 7.31. The third-order valence-electron chi connectivity index (χ3n) is 4.41. The predicted molar refractivity (Wildman–Crippen MR) is 78.0 cm³/mol. The topological polar surface area (TPSA) is 55.1 Å². The van der Waals surface area contributed by atoms with Gasteiger partial charge < -0.3 is 11.1 Å². The van der Waals surface area contributed by atoms with Gasteiger partial charge in [-0.2, -0.15) is 0 Å². The molecule has 0 saturated heterocycles. The van der Waals surface area contributed by atoms with Crippen molar-refractivity contribution in [3.63, 3.8) is 0 Å². The molecule has 0 atom stereocenters. The van der Waals surface area contributed by atoms with E-state index in [1.54, 1.807) is 19.1 Å². The summed E-state index contributed by atoms with van der Waals surface area (Å²) in [5.74, 6) is -0.564. The van der Waals surface area contributed by atoms with E-state index in [4.69, 9.17) is 5.73 Å². The van der Waals surface area contributed by atoms with Gasteiger partial charge in [0, 0.05) is 12.1 Å². The monoisotopic (exact) mass is 278 g/mol. The largest absolute Gasteiger partial charge is 0.351 e. The van der Waals surface area contributed by atoms with E-state index in [-0.39, 0.29) is 17.1 Å². The van der Waals surface area contributed by atoms with Crippen molar-refractivity contribution in [1.29, 1.82) is 0 Å². The quantitative estimate of drug-likeness (QED) is 0.889. The Hall–Kier alpha value is -1.42. The Bertz CT molecular complexity index is 481. The highest BCUT2D eigenvalue weighted by Crippen LogP contribution is 2.34. The van der Waals surface area contributed by atoms with Crippen LogP contribution in [0.4, 0.5) is 4.39 Å². The Balaban J connectivity index is 1.98. The second-order valence-corrected chi connectivity index (χ2v) is 5.91. The molecule has 0 spiro atoms. The van der Waals surface area contributed by atoms with E-state index in [0.29, 0.717) is 24.2 Å². The van der Waals surface area contributed by atoms with Crippen molar-refractivity contribution in [2.75, 3.05) is 13.1 Å². The van der Waals surface area contributed by atoms with Crippen LogP contribution in [0.25, 0.3) is 0 Å². The summed E-state index contributed by atoms with van der Waals surface area (Å²) in [6.45, 7) is 2.86. The number of carbonyl (C=O) groups excluding carboxylic acids is 1. The summed E-state index contributed by atoms with van der Waals surface area (Å²) < 4.78 is 13.5. The number of amides is 1. The summed E-state index contributed by atoms with van der Waals surface area (Å²) in [7, 11) is 0. The molecule has 1 aliphatic carbocycles. The molecular weight excluding hydrogens is 255 g/mol. The van der Waals surface area contributed by atoms with Crippen LogP contribution >= 0.6 is 0 Å². The van der Waals surface area contributed by atoms with Gasteiger partial charge in [0.25, 0.3) is 5.91 Å². The number of carbonyl (C=O) groups is 1. The van der Waals surface area contributed by atoms with Gasteiger partial charge in [-0.25, -0.2) is 4.39 Å². The molecule has 0 aromatic heterocycles. The zero-order valence-electron chi connectivity index (χ0n) is 12.0. The third kappa shape index (κ3) is 3.37. The number of aryl methyl sites for hydroxylation is 1. The summed E-state index contributed by atoms with van der Waals surface area (Å²) in [4.78, 5) is 12.1. The van der Waals surface area contributed by atoms with Crippen molar-refractivity contribution in [2.24, 2.45) is 11.1 Å². The van der Waals surface area contributed by atoms with E-state index in [9.17, 15) is 9.18 Å². The summed E-state index contributed by atoms with van der Waals surface area (Å²) in [5.41, 5.74) is 6.84. The summed E-state index contributed by atoms with van der Waals surface area (Å²) in [6, 6.07) is 4.58. The molecule has 3 nitrogen and oxygen atoms in total. The lowest BCUT2D eigenvalue weighted by molar-refractivity contribution is 0.0913. The normalized spacial score (nSPS) is 17.8. The molecule has 1 aliphatic rings. The van der Waals surface area contributed by atoms with E-state index in [1.165, 1.54) is 25.3 Å². The minimum Gasteiger partial charge on any atom is -0.351 e. The van der Waals surface area contributed by atoms with Gasteiger partial charge in [0.15, 0.2) is 0 Å². The van der Waals surface area contributed by atoms with Gasteiger partial charge in [-0.15, -0.1) is 0 Å². The molecule has 1 saturated carbocycles. The van der Waals surface area contributed by atoms with Gasteiger partial charge in [-0.1, -0.05) is 25.3 Å². The minimum absolute atomic E-state index is 0.0250. The highest BCUT2D eigenvalue weighted by molar-refractivity contribution is 5.94. The van der Waals surface area contributed by atoms with Gasteiger partial charge in [-0.3, -0.25) is 4.79 Å². The van der Waals surface area contributed by atoms with E-state index in [2.05, 4.69) is 5.32 Å². The average Bonchev–Trinajstić information content (AvgIpc) is 2.48. The lowest BCUT2D eigenvalue weighted by atomic mass is 9.74. The molecule has 20 heavy (non-hydrogen) atoms. The first-order chi connectivity index (χ1) is 9.56. The van der Waals surface area contributed by atoms with Crippen LogP contribution in [-0.2, 0) is 0 Å². The van der Waals surface area contributed by atoms with Crippen LogP contribution in [0.3, 0.4) is 0 Å². The van der Waals surface area contributed by atoms with Gasteiger partial charge >= 0.3 is 0 Å². The Morgan fingerprint density at radius 2 is 2.05 bits per heavy atom. The fourth-order valence-electron chi connectivity index (χ4n) is 2.86. The van der Waals surface area contributed by atoms with Gasteiger partial charge in [0.05, 0.1) is 0 Å². The molecule has 0 aliphatic heterocycles. The van der Waals surface area contributed by atoms with Crippen LogP contribution in [0, 0.1) is 18.2 Å². The maximum atomic E-state index is 13.5. The van der Waals surface area contributed by atoms with Crippen molar-refractivity contribution in [3.8, 4) is 0 Å². The molecule has 0 unspecified atom stereocenters. The van der Waals surface area contributed by atoms with Crippen LogP contribution < -0.4 is 11.1 Å². The van der Waals surface area contributed by atoms with Crippen LogP contribution in [0.5, 0.6) is 0 Å². The predicted octanol–water partition coefficient (Wildman–Crippen LogP) is 2.77. The van der Waals surface area contributed by atoms with E-state index >= 15 is 0 Å². The molecular formula is C16H23FN2O.